The Bertz CT molecular complexity index is 592. The second kappa shape index (κ2) is 5.29. The molecule has 0 bridgehead atoms. The summed E-state index contributed by atoms with van der Waals surface area (Å²) in [5, 5.41) is 10.6. The Balaban J connectivity index is 1.80. The van der Waals surface area contributed by atoms with Gasteiger partial charge >= 0.3 is 0 Å². The third-order valence-corrected chi connectivity index (χ3v) is 4.18. The highest BCUT2D eigenvalue weighted by molar-refractivity contribution is 5.40. The monoisotopic (exact) mass is 268 g/mol. The van der Waals surface area contributed by atoms with Gasteiger partial charge in [-0.3, -0.25) is 0 Å². The smallest absolute Gasteiger partial charge is 0.124 e. The number of ether oxygens (including phenoxy) is 1. The Hall–Kier alpha value is -1.80. The lowest BCUT2D eigenvalue weighted by atomic mass is 9.99. The third-order valence-electron chi connectivity index (χ3n) is 4.18. The maximum absolute atomic E-state index is 10.6. The van der Waals surface area contributed by atoms with Gasteiger partial charge in [-0.25, -0.2) is 0 Å². The van der Waals surface area contributed by atoms with Gasteiger partial charge in [0, 0.05) is 5.56 Å². The first-order chi connectivity index (χ1) is 9.70. The van der Waals surface area contributed by atoms with Crippen molar-refractivity contribution in [2.75, 3.05) is 7.11 Å². The summed E-state index contributed by atoms with van der Waals surface area (Å²) in [6.45, 7) is 2.03. The fraction of sp³-hybridized carbons (Fsp3) is 0.333. The minimum absolute atomic E-state index is 0.300. The van der Waals surface area contributed by atoms with E-state index in [-0.39, 0.29) is 0 Å². The van der Waals surface area contributed by atoms with Crippen LogP contribution in [0.15, 0.2) is 48.5 Å². The Morgan fingerprint density at radius 1 is 1.15 bits per heavy atom. The Morgan fingerprint density at radius 2 is 1.90 bits per heavy atom. The minimum atomic E-state index is -0.448. The van der Waals surface area contributed by atoms with Gasteiger partial charge in [0.05, 0.1) is 13.2 Å². The molecule has 2 heteroatoms. The topological polar surface area (TPSA) is 29.5 Å². The summed E-state index contributed by atoms with van der Waals surface area (Å²) in [5.74, 6) is 1.56. The lowest BCUT2D eigenvalue weighted by Crippen LogP contribution is -2.04. The summed E-state index contributed by atoms with van der Waals surface area (Å²) < 4.78 is 5.41. The third kappa shape index (κ3) is 2.44. The molecule has 3 unspecified atom stereocenters. The van der Waals surface area contributed by atoms with Crippen LogP contribution in [0.3, 0.4) is 0 Å². The largest absolute Gasteiger partial charge is 0.496 e. The zero-order chi connectivity index (χ0) is 14.1. The van der Waals surface area contributed by atoms with E-state index in [1.165, 1.54) is 5.56 Å². The van der Waals surface area contributed by atoms with Crippen LogP contribution in [0.4, 0.5) is 0 Å². The zero-order valence-corrected chi connectivity index (χ0v) is 11.9. The van der Waals surface area contributed by atoms with Crippen molar-refractivity contribution in [3.8, 4) is 5.75 Å². The van der Waals surface area contributed by atoms with Gasteiger partial charge in [-0.1, -0.05) is 42.5 Å². The zero-order valence-electron chi connectivity index (χ0n) is 11.9. The number of rotatable bonds is 4. The van der Waals surface area contributed by atoms with E-state index in [4.69, 9.17) is 4.74 Å². The van der Waals surface area contributed by atoms with Crippen LogP contribution in [0, 0.1) is 12.8 Å². The molecule has 3 rings (SSSR count). The van der Waals surface area contributed by atoms with Gasteiger partial charge in [0.2, 0.25) is 0 Å². The average molecular weight is 268 g/mol. The van der Waals surface area contributed by atoms with Gasteiger partial charge in [0.15, 0.2) is 0 Å². The molecule has 1 fully saturated rings. The van der Waals surface area contributed by atoms with Crippen LogP contribution in [0.25, 0.3) is 0 Å². The van der Waals surface area contributed by atoms with Crippen molar-refractivity contribution in [3.05, 3.63) is 65.2 Å². The average Bonchev–Trinajstić information content (AvgIpc) is 3.28. The lowest BCUT2D eigenvalue weighted by Gasteiger charge is -2.15. The van der Waals surface area contributed by atoms with Crippen molar-refractivity contribution < 1.29 is 9.84 Å². The number of hydrogen-bond acceptors (Lipinski definition) is 2. The highest BCUT2D eigenvalue weighted by Gasteiger charge is 2.44. The molecule has 20 heavy (non-hydrogen) atoms. The van der Waals surface area contributed by atoms with Crippen molar-refractivity contribution >= 4 is 0 Å². The molecule has 1 N–H and O–H groups in total. The van der Waals surface area contributed by atoms with Crippen molar-refractivity contribution in [1.82, 2.24) is 0 Å². The second-order valence-electron chi connectivity index (χ2n) is 5.61. The molecule has 3 atom stereocenters. The molecule has 0 amide bonds. The van der Waals surface area contributed by atoms with Gasteiger partial charge in [0.25, 0.3) is 0 Å². The summed E-state index contributed by atoms with van der Waals surface area (Å²) in [5.41, 5.74) is 3.37. The Labute approximate surface area is 120 Å². The number of hydrogen-bond donors (Lipinski definition) is 1. The van der Waals surface area contributed by atoms with Crippen molar-refractivity contribution in [2.45, 2.75) is 25.4 Å². The van der Waals surface area contributed by atoms with Crippen LogP contribution in [0.2, 0.25) is 0 Å². The molecule has 2 nitrogen and oxygen atoms in total. The molecule has 0 saturated heterocycles. The summed E-state index contributed by atoms with van der Waals surface area (Å²) >= 11 is 0. The number of methoxy groups -OCH3 is 1. The maximum atomic E-state index is 10.6. The van der Waals surface area contributed by atoms with Gasteiger partial charge < -0.3 is 9.84 Å². The van der Waals surface area contributed by atoms with Crippen molar-refractivity contribution in [1.29, 1.82) is 0 Å². The maximum Gasteiger partial charge on any atom is 0.124 e. The summed E-state index contributed by atoms with van der Waals surface area (Å²) in [6.07, 6.45) is 0.595. The fourth-order valence-corrected chi connectivity index (χ4v) is 2.94. The van der Waals surface area contributed by atoms with Gasteiger partial charge in [0.1, 0.15) is 5.75 Å². The van der Waals surface area contributed by atoms with Crippen LogP contribution in [0.5, 0.6) is 5.75 Å². The molecule has 0 spiro atoms. The number of benzene rings is 2. The molecule has 0 aromatic heterocycles. The minimum Gasteiger partial charge on any atom is -0.496 e. The van der Waals surface area contributed by atoms with Crippen LogP contribution in [-0.4, -0.2) is 12.2 Å². The molecule has 2 aromatic rings. The van der Waals surface area contributed by atoms with E-state index in [1.807, 2.05) is 31.2 Å². The molecular weight excluding hydrogens is 248 g/mol. The van der Waals surface area contributed by atoms with Crippen LogP contribution < -0.4 is 4.74 Å². The molecular formula is C18H20O2. The highest BCUT2D eigenvalue weighted by Crippen LogP contribution is 2.55. The number of aryl methyl sites for hydroxylation is 1. The molecule has 1 aliphatic rings. The number of aliphatic hydroxyl groups excluding tert-OH is 1. The van der Waals surface area contributed by atoms with E-state index >= 15 is 0 Å². The van der Waals surface area contributed by atoms with Crippen molar-refractivity contribution in [2.24, 2.45) is 5.92 Å². The molecule has 1 saturated carbocycles. The molecule has 0 aliphatic heterocycles. The Kier molecular flexibility index (Phi) is 3.49. The van der Waals surface area contributed by atoms with Gasteiger partial charge in [-0.2, -0.15) is 0 Å². The lowest BCUT2D eigenvalue weighted by molar-refractivity contribution is 0.147. The van der Waals surface area contributed by atoms with Crippen LogP contribution >= 0.6 is 0 Å². The number of aliphatic hydroxyl groups is 1. The molecule has 0 radical (unpaired) electrons. The van der Waals surface area contributed by atoms with Gasteiger partial charge in [-0.15, -0.1) is 0 Å². The summed E-state index contributed by atoms with van der Waals surface area (Å²) in [7, 11) is 1.66. The predicted octanol–water partition coefficient (Wildman–Crippen LogP) is 3.84. The van der Waals surface area contributed by atoms with Gasteiger partial charge in [-0.05, 0) is 42.4 Å². The normalized spacial score (nSPS) is 22.4. The highest BCUT2D eigenvalue weighted by atomic mass is 16.5. The molecule has 1 aliphatic carbocycles. The van der Waals surface area contributed by atoms with E-state index in [0.717, 1.165) is 23.3 Å². The van der Waals surface area contributed by atoms with E-state index < -0.39 is 6.10 Å². The van der Waals surface area contributed by atoms with Crippen LogP contribution in [0.1, 0.15) is 35.1 Å². The quantitative estimate of drug-likeness (QED) is 0.913. The molecule has 0 heterocycles. The SMILES string of the molecule is COc1cc(C)ccc1C(O)C1CC1c1ccccc1. The first-order valence-corrected chi connectivity index (χ1v) is 7.08. The Morgan fingerprint density at radius 3 is 2.60 bits per heavy atom. The molecule has 2 aromatic carbocycles. The first-order valence-electron chi connectivity index (χ1n) is 7.08. The second-order valence-corrected chi connectivity index (χ2v) is 5.61. The van der Waals surface area contributed by atoms with E-state index in [0.29, 0.717) is 11.8 Å². The predicted molar refractivity (Wildman–Crippen MR) is 80.0 cm³/mol. The van der Waals surface area contributed by atoms with Crippen LogP contribution in [-0.2, 0) is 0 Å². The van der Waals surface area contributed by atoms with E-state index in [1.54, 1.807) is 7.11 Å². The molecule has 104 valence electrons. The summed E-state index contributed by atoms with van der Waals surface area (Å²) in [4.78, 5) is 0. The van der Waals surface area contributed by atoms with E-state index in [9.17, 15) is 5.11 Å². The first kappa shape index (κ1) is 13.2. The van der Waals surface area contributed by atoms with E-state index in [2.05, 4.69) is 24.3 Å². The fourth-order valence-electron chi connectivity index (χ4n) is 2.94. The summed E-state index contributed by atoms with van der Waals surface area (Å²) in [6, 6.07) is 16.4. The standard InChI is InChI=1S/C18H20O2/c1-12-8-9-14(17(10-12)20-2)18(19)16-11-15(16)13-6-4-3-5-7-13/h3-10,15-16,18-19H,11H2,1-2H3. The van der Waals surface area contributed by atoms with Crippen molar-refractivity contribution in [3.63, 3.8) is 0 Å².